The summed E-state index contributed by atoms with van der Waals surface area (Å²) < 4.78 is 5.35. The highest BCUT2D eigenvalue weighted by atomic mass is 16.6. The van der Waals surface area contributed by atoms with Gasteiger partial charge in [-0.1, -0.05) is 17.7 Å². The van der Waals surface area contributed by atoms with E-state index < -0.39 is 12.7 Å². The topological polar surface area (TPSA) is 84.6 Å². The van der Waals surface area contributed by atoms with Gasteiger partial charge in [0.05, 0.1) is 6.42 Å². The Morgan fingerprint density at radius 1 is 1.45 bits per heavy atom. The van der Waals surface area contributed by atoms with Gasteiger partial charge in [0.2, 0.25) is 0 Å². The van der Waals surface area contributed by atoms with Crippen LogP contribution in [0.1, 0.15) is 38.3 Å². The first-order chi connectivity index (χ1) is 10.1. The van der Waals surface area contributed by atoms with Crippen molar-refractivity contribution >= 4 is 18.7 Å². The summed E-state index contributed by atoms with van der Waals surface area (Å²) in [6.45, 7) is 9.12. The lowest BCUT2D eigenvalue weighted by atomic mass is 9.85. The molecule has 1 atom stereocenters. The van der Waals surface area contributed by atoms with Crippen LogP contribution in [0.4, 0.5) is 5.69 Å². The van der Waals surface area contributed by atoms with Crippen molar-refractivity contribution in [2.45, 2.75) is 59.0 Å². The molecule has 22 heavy (non-hydrogen) atoms. The van der Waals surface area contributed by atoms with Gasteiger partial charge in [0.15, 0.2) is 0 Å². The summed E-state index contributed by atoms with van der Waals surface area (Å²) in [4.78, 5) is 12.0. The molecule has 5 nitrogen and oxygen atoms in total. The Balaban J connectivity index is 2.80. The summed E-state index contributed by atoms with van der Waals surface area (Å²) in [6, 6.07) is 5.57. The maximum Gasteiger partial charge on any atom is 0.373 e. The number of hydrogen-bond donors (Lipinski definition) is 3. The molecule has 0 fully saturated rings. The normalized spacial score (nSPS) is 12.8. The standard InChI is InChI=1S/C16H27BN2O3/c1-11-6-7-14(18)12(8-11)9-13(19-17(5)21)10-15(20)22-16(2,3)4/h6-8,13,19,21H,9-10,18H2,1-5H3/t13-/m0/s1. The summed E-state index contributed by atoms with van der Waals surface area (Å²) in [5.74, 6) is -0.295. The summed E-state index contributed by atoms with van der Waals surface area (Å²) in [6.07, 6.45) is 0.729. The summed E-state index contributed by atoms with van der Waals surface area (Å²) in [5.41, 5.74) is 8.23. The molecule has 0 radical (unpaired) electrons. The molecule has 0 amide bonds. The fraction of sp³-hybridized carbons (Fsp3) is 0.562. The predicted octanol–water partition coefficient (Wildman–Crippen LogP) is 1.92. The fourth-order valence-corrected chi connectivity index (χ4v) is 2.29. The first-order valence-electron chi connectivity index (χ1n) is 7.58. The Hall–Kier alpha value is -1.53. The van der Waals surface area contributed by atoms with Crippen LogP contribution in [0.25, 0.3) is 0 Å². The number of anilines is 1. The van der Waals surface area contributed by atoms with Crippen molar-refractivity contribution in [2.24, 2.45) is 0 Å². The molecule has 0 aromatic heterocycles. The molecule has 0 heterocycles. The second-order valence-corrected chi connectivity index (χ2v) is 6.74. The first kappa shape index (κ1) is 18.5. The quantitative estimate of drug-likeness (QED) is 0.425. The van der Waals surface area contributed by atoms with Gasteiger partial charge in [0.25, 0.3) is 0 Å². The number of rotatable bonds is 6. The van der Waals surface area contributed by atoms with Gasteiger partial charge in [-0.15, -0.1) is 0 Å². The van der Waals surface area contributed by atoms with Gasteiger partial charge in [-0.05, 0) is 52.6 Å². The highest BCUT2D eigenvalue weighted by Gasteiger charge is 2.23. The summed E-state index contributed by atoms with van der Waals surface area (Å²) in [7, 11) is -0.710. The third-order valence-corrected chi connectivity index (χ3v) is 3.07. The minimum atomic E-state index is -0.710. The fourth-order valence-electron chi connectivity index (χ4n) is 2.29. The van der Waals surface area contributed by atoms with Crippen LogP contribution in [0.15, 0.2) is 18.2 Å². The maximum absolute atomic E-state index is 12.0. The van der Waals surface area contributed by atoms with Gasteiger partial charge < -0.3 is 20.7 Å². The zero-order chi connectivity index (χ0) is 16.9. The number of benzene rings is 1. The third kappa shape index (κ3) is 6.96. The lowest BCUT2D eigenvalue weighted by Gasteiger charge is -2.24. The van der Waals surface area contributed by atoms with E-state index in [4.69, 9.17) is 10.5 Å². The Bertz CT molecular complexity index is 513. The van der Waals surface area contributed by atoms with Gasteiger partial charge in [0, 0.05) is 11.7 Å². The number of aryl methyl sites for hydroxylation is 1. The van der Waals surface area contributed by atoms with Crippen molar-refractivity contribution in [1.82, 2.24) is 5.23 Å². The van der Waals surface area contributed by atoms with E-state index in [0.717, 1.165) is 11.1 Å². The monoisotopic (exact) mass is 306 g/mol. The second kappa shape index (κ2) is 7.65. The second-order valence-electron chi connectivity index (χ2n) is 6.74. The smallest absolute Gasteiger partial charge is 0.373 e. The Labute approximate surface area is 133 Å². The van der Waals surface area contributed by atoms with E-state index >= 15 is 0 Å². The molecule has 0 saturated heterocycles. The largest absolute Gasteiger partial charge is 0.460 e. The van der Waals surface area contributed by atoms with Crippen LogP contribution in [0.5, 0.6) is 0 Å². The average Bonchev–Trinajstić information content (AvgIpc) is 2.30. The Kier molecular flexibility index (Phi) is 6.44. The molecule has 0 saturated carbocycles. The number of nitrogens with one attached hydrogen (secondary N) is 1. The number of ether oxygens (including phenoxy) is 1. The summed E-state index contributed by atoms with van der Waals surface area (Å²) in [5, 5.41) is 12.6. The van der Waals surface area contributed by atoms with Crippen molar-refractivity contribution in [3.05, 3.63) is 29.3 Å². The molecule has 0 aliphatic carbocycles. The van der Waals surface area contributed by atoms with Crippen molar-refractivity contribution < 1.29 is 14.6 Å². The Morgan fingerprint density at radius 2 is 2.09 bits per heavy atom. The third-order valence-electron chi connectivity index (χ3n) is 3.07. The molecule has 1 aromatic rings. The van der Waals surface area contributed by atoms with Crippen LogP contribution in [0, 0.1) is 6.92 Å². The molecule has 6 heteroatoms. The highest BCUT2D eigenvalue weighted by molar-refractivity contribution is 6.45. The van der Waals surface area contributed by atoms with Crippen LogP contribution in [0.3, 0.4) is 0 Å². The predicted molar refractivity (Wildman–Crippen MR) is 90.5 cm³/mol. The molecule has 0 bridgehead atoms. The number of carbonyl (C=O) groups is 1. The Morgan fingerprint density at radius 3 is 2.64 bits per heavy atom. The van der Waals surface area contributed by atoms with Crippen LogP contribution in [0.2, 0.25) is 6.82 Å². The van der Waals surface area contributed by atoms with Gasteiger partial charge >= 0.3 is 13.0 Å². The molecule has 4 N–H and O–H groups in total. The van der Waals surface area contributed by atoms with Gasteiger partial charge in [0.1, 0.15) is 5.60 Å². The van der Waals surface area contributed by atoms with Crippen molar-refractivity contribution in [1.29, 1.82) is 0 Å². The molecule has 0 unspecified atom stereocenters. The number of nitrogen functional groups attached to an aromatic ring is 1. The molecular weight excluding hydrogens is 279 g/mol. The number of nitrogens with two attached hydrogens (primary N) is 1. The molecule has 122 valence electrons. The first-order valence-corrected chi connectivity index (χ1v) is 7.58. The minimum Gasteiger partial charge on any atom is -0.460 e. The maximum atomic E-state index is 12.0. The van der Waals surface area contributed by atoms with Crippen LogP contribution >= 0.6 is 0 Å². The van der Waals surface area contributed by atoms with Crippen molar-refractivity contribution in [3.63, 3.8) is 0 Å². The SMILES string of the molecule is CB(O)N[C@H](CC(=O)OC(C)(C)C)Cc1cc(C)ccc1N. The molecule has 0 spiro atoms. The van der Waals surface area contributed by atoms with E-state index in [1.165, 1.54) is 0 Å². The zero-order valence-corrected chi connectivity index (χ0v) is 14.1. The van der Waals surface area contributed by atoms with Crippen molar-refractivity contribution in [3.8, 4) is 0 Å². The van der Waals surface area contributed by atoms with E-state index in [-0.39, 0.29) is 18.4 Å². The molecular formula is C16H27BN2O3. The summed E-state index contributed by atoms with van der Waals surface area (Å²) >= 11 is 0. The number of esters is 1. The van der Waals surface area contributed by atoms with E-state index in [1.807, 2.05) is 45.9 Å². The zero-order valence-electron chi connectivity index (χ0n) is 14.1. The lowest BCUT2D eigenvalue weighted by molar-refractivity contribution is -0.155. The van der Waals surface area contributed by atoms with Gasteiger partial charge in [-0.25, -0.2) is 0 Å². The van der Waals surface area contributed by atoms with Crippen LogP contribution in [-0.4, -0.2) is 29.7 Å². The molecule has 1 rings (SSSR count). The minimum absolute atomic E-state index is 0.176. The number of hydrogen-bond acceptors (Lipinski definition) is 5. The number of carbonyl (C=O) groups excluding carboxylic acids is 1. The van der Waals surface area contributed by atoms with Gasteiger partial charge in [-0.2, -0.15) is 0 Å². The van der Waals surface area contributed by atoms with E-state index in [1.54, 1.807) is 6.82 Å². The molecule has 0 aliphatic heterocycles. The highest BCUT2D eigenvalue weighted by Crippen LogP contribution is 2.18. The average molecular weight is 306 g/mol. The van der Waals surface area contributed by atoms with E-state index in [2.05, 4.69) is 5.23 Å². The van der Waals surface area contributed by atoms with E-state index in [0.29, 0.717) is 12.1 Å². The van der Waals surface area contributed by atoms with Crippen LogP contribution in [-0.2, 0) is 16.0 Å². The molecule has 1 aromatic carbocycles. The van der Waals surface area contributed by atoms with Crippen molar-refractivity contribution in [2.75, 3.05) is 5.73 Å². The van der Waals surface area contributed by atoms with Crippen LogP contribution < -0.4 is 11.0 Å². The van der Waals surface area contributed by atoms with E-state index in [9.17, 15) is 9.82 Å². The molecule has 0 aliphatic rings. The lowest BCUT2D eigenvalue weighted by Crippen LogP contribution is -2.43. The van der Waals surface area contributed by atoms with Gasteiger partial charge in [-0.3, -0.25) is 4.79 Å².